The minimum atomic E-state index is 0.321. The Morgan fingerprint density at radius 2 is 1.76 bits per heavy atom. The summed E-state index contributed by atoms with van der Waals surface area (Å²) in [5.41, 5.74) is 1.24. The molecule has 1 unspecified atom stereocenters. The standard InChI is InChI=1S/C15H19NO/c1-16(2)15(12-8-4-5-9-12)13-10-6-7-11-14(13)17-3/h4-12,15H,1-3H3. The molecule has 0 saturated heterocycles. The van der Waals surface area contributed by atoms with E-state index in [0.717, 1.165) is 5.75 Å². The normalized spacial score (nSPS) is 16.7. The van der Waals surface area contributed by atoms with Crippen molar-refractivity contribution < 1.29 is 4.74 Å². The number of hydrogen-bond donors (Lipinski definition) is 0. The Hall–Kier alpha value is -1.54. The van der Waals surface area contributed by atoms with Gasteiger partial charge in [-0.1, -0.05) is 42.5 Å². The molecule has 1 aliphatic carbocycles. The molecular weight excluding hydrogens is 210 g/mol. The van der Waals surface area contributed by atoms with E-state index in [-0.39, 0.29) is 0 Å². The summed E-state index contributed by atoms with van der Waals surface area (Å²) in [5.74, 6) is 1.38. The molecule has 2 nitrogen and oxygen atoms in total. The molecule has 17 heavy (non-hydrogen) atoms. The highest BCUT2D eigenvalue weighted by atomic mass is 16.5. The van der Waals surface area contributed by atoms with Crippen LogP contribution in [0.1, 0.15) is 11.6 Å². The van der Waals surface area contributed by atoms with Gasteiger partial charge in [-0.3, -0.25) is 0 Å². The van der Waals surface area contributed by atoms with Crippen LogP contribution in [0.15, 0.2) is 48.6 Å². The van der Waals surface area contributed by atoms with E-state index in [1.165, 1.54) is 5.56 Å². The van der Waals surface area contributed by atoms with Crippen molar-refractivity contribution in [1.29, 1.82) is 0 Å². The number of hydrogen-bond acceptors (Lipinski definition) is 2. The second kappa shape index (κ2) is 5.19. The van der Waals surface area contributed by atoms with E-state index in [1.54, 1.807) is 7.11 Å². The quantitative estimate of drug-likeness (QED) is 0.787. The van der Waals surface area contributed by atoms with Crippen molar-refractivity contribution >= 4 is 0 Å². The first-order valence-electron chi connectivity index (χ1n) is 5.88. The molecule has 1 atom stereocenters. The highest BCUT2D eigenvalue weighted by Crippen LogP contribution is 2.36. The predicted octanol–water partition coefficient (Wildman–Crippen LogP) is 3.04. The van der Waals surface area contributed by atoms with Crippen LogP contribution in [0.3, 0.4) is 0 Å². The number of nitrogens with zero attached hydrogens (tertiary/aromatic N) is 1. The Balaban J connectivity index is 2.38. The third kappa shape index (κ3) is 2.42. The molecule has 0 bridgehead atoms. The molecule has 2 rings (SSSR count). The topological polar surface area (TPSA) is 12.5 Å². The van der Waals surface area contributed by atoms with Crippen molar-refractivity contribution in [3.63, 3.8) is 0 Å². The summed E-state index contributed by atoms with van der Waals surface area (Å²) >= 11 is 0. The maximum atomic E-state index is 5.46. The molecular formula is C15H19NO. The molecule has 0 aliphatic heterocycles. The first-order valence-corrected chi connectivity index (χ1v) is 5.88. The zero-order valence-electron chi connectivity index (χ0n) is 10.6. The second-order valence-electron chi connectivity index (χ2n) is 4.50. The Bertz CT molecular complexity index is 422. The molecule has 0 amide bonds. The SMILES string of the molecule is COc1ccccc1C(C1C=CC=C1)N(C)C. The van der Waals surface area contributed by atoms with Gasteiger partial charge in [0, 0.05) is 17.5 Å². The molecule has 0 fully saturated rings. The number of allylic oxidation sites excluding steroid dienone is 2. The van der Waals surface area contributed by atoms with E-state index in [2.05, 4.69) is 55.4 Å². The van der Waals surface area contributed by atoms with Crippen LogP contribution < -0.4 is 4.74 Å². The van der Waals surface area contributed by atoms with Crippen LogP contribution in [-0.4, -0.2) is 26.1 Å². The lowest BCUT2D eigenvalue weighted by molar-refractivity contribution is 0.259. The van der Waals surface area contributed by atoms with Gasteiger partial charge in [-0.05, 0) is 20.2 Å². The summed E-state index contributed by atoms with van der Waals surface area (Å²) < 4.78 is 5.46. The largest absolute Gasteiger partial charge is 0.496 e. The first-order chi connectivity index (χ1) is 8.24. The average molecular weight is 229 g/mol. The fourth-order valence-electron chi connectivity index (χ4n) is 2.40. The predicted molar refractivity (Wildman–Crippen MR) is 71.2 cm³/mol. The molecule has 0 radical (unpaired) electrons. The molecule has 0 N–H and O–H groups in total. The molecule has 0 heterocycles. The fraction of sp³-hybridized carbons (Fsp3) is 0.333. The van der Waals surface area contributed by atoms with Gasteiger partial charge in [0.05, 0.1) is 7.11 Å². The fourth-order valence-corrected chi connectivity index (χ4v) is 2.40. The van der Waals surface area contributed by atoms with Crippen LogP contribution >= 0.6 is 0 Å². The van der Waals surface area contributed by atoms with Gasteiger partial charge in [-0.15, -0.1) is 0 Å². The summed E-state index contributed by atoms with van der Waals surface area (Å²) in [6.07, 6.45) is 8.68. The minimum absolute atomic E-state index is 0.321. The molecule has 1 aromatic rings. The van der Waals surface area contributed by atoms with E-state index in [1.807, 2.05) is 12.1 Å². The van der Waals surface area contributed by atoms with Crippen molar-refractivity contribution in [3.8, 4) is 5.75 Å². The van der Waals surface area contributed by atoms with E-state index in [9.17, 15) is 0 Å². The maximum Gasteiger partial charge on any atom is 0.123 e. The van der Waals surface area contributed by atoms with Crippen LogP contribution in [-0.2, 0) is 0 Å². The van der Waals surface area contributed by atoms with Gasteiger partial charge in [0.1, 0.15) is 5.75 Å². The highest BCUT2D eigenvalue weighted by Gasteiger charge is 2.25. The van der Waals surface area contributed by atoms with Crippen molar-refractivity contribution in [1.82, 2.24) is 4.90 Å². The number of benzene rings is 1. The number of ether oxygens (including phenoxy) is 1. The molecule has 2 heteroatoms. The lowest BCUT2D eigenvalue weighted by Crippen LogP contribution is -2.25. The lowest BCUT2D eigenvalue weighted by atomic mass is 9.92. The molecule has 1 aliphatic rings. The number of para-hydroxylation sites is 1. The maximum absolute atomic E-state index is 5.46. The van der Waals surface area contributed by atoms with Gasteiger partial charge in [0.25, 0.3) is 0 Å². The average Bonchev–Trinajstić information content (AvgIpc) is 2.83. The first kappa shape index (κ1) is 11.9. The van der Waals surface area contributed by atoms with E-state index in [4.69, 9.17) is 4.74 Å². The summed E-state index contributed by atoms with van der Waals surface area (Å²) in [6.45, 7) is 0. The number of rotatable bonds is 4. The van der Waals surface area contributed by atoms with E-state index >= 15 is 0 Å². The summed E-state index contributed by atoms with van der Waals surface area (Å²) in [6, 6.07) is 8.56. The molecule has 90 valence electrons. The minimum Gasteiger partial charge on any atom is -0.496 e. The van der Waals surface area contributed by atoms with Gasteiger partial charge in [0.15, 0.2) is 0 Å². The van der Waals surface area contributed by atoms with Gasteiger partial charge in [0.2, 0.25) is 0 Å². The van der Waals surface area contributed by atoms with Crippen molar-refractivity contribution in [2.24, 2.45) is 5.92 Å². The third-order valence-corrected chi connectivity index (χ3v) is 3.16. The van der Waals surface area contributed by atoms with Crippen LogP contribution in [0.25, 0.3) is 0 Å². The van der Waals surface area contributed by atoms with Gasteiger partial charge >= 0.3 is 0 Å². The van der Waals surface area contributed by atoms with Crippen LogP contribution in [0.5, 0.6) is 5.75 Å². The number of methoxy groups -OCH3 is 1. The molecule has 0 saturated carbocycles. The highest BCUT2D eigenvalue weighted by molar-refractivity contribution is 5.38. The van der Waals surface area contributed by atoms with Crippen molar-refractivity contribution in [3.05, 3.63) is 54.1 Å². The Kier molecular flexibility index (Phi) is 3.64. The monoisotopic (exact) mass is 229 g/mol. The second-order valence-corrected chi connectivity index (χ2v) is 4.50. The van der Waals surface area contributed by atoms with Crippen LogP contribution in [0, 0.1) is 5.92 Å². The van der Waals surface area contributed by atoms with Gasteiger partial charge < -0.3 is 9.64 Å². The van der Waals surface area contributed by atoms with Crippen molar-refractivity contribution in [2.75, 3.05) is 21.2 Å². The zero-order valence-corrected chi connectivity index (χ0v) is 10.6. The summed E-state index contributed by atoms with van der Waals surface area (Å²) in [4.78, 5) is 2.24. The van der Waals surface area contributed by atoms with Crippen LogP contribution in [0.2, 0.25) is 0 Å². The molecule has 0 aromatic heterocycles. The molecule has 1 aromatic carbocycles. The Labute approximate surface area is 103 Å². The zero-order chi connectivity index (χ0) is 12.3. The van der Waals surface area contributed by atoms with Gasteiger partial charge in [-0.2, -0.15) is 0 Å². The summed E-state index contributed by atoms with van der Waals surface area (Å²) in [5, 5.41) is 0. The Morgan fingerprint density at radius 1 is 1.12 bits per heavy atom. The smallest absolute Gasteiger partial charge is 0.123 e. The van der Waals surface area contributed by atoms with E-state index in [0.29, 0.717) is 12.0 Å². The summed E-state index contributed by atoms with van der Waals surface area (Å²) in [7, 11) is 5.94. The third-order valence-electron chi connectivity index (χ3n) is 3.16. The van der Waals surface area contributed by atoms with Crippen LogP contribution in [0.4, 0.5) is 0 Å². The Morgan fingerprint density at radius 3 is 2.35 bits per heavy atom. The van der Waals surface area contributed by atoms with E-state index < -0.39 is 0 Å². The molecule has 0 spiro atoms. The van der Waals surface area contributed by atoms with Crippen molar-refractivity contribution in [2.45, 2.75) is 6.04 Å². The lowest BCUT2D eigenvalue weighted by Gasteiger charge is -2.29. The van der Waals surface area contributed by atoms with Gasteiger partial charge in [-0.25, -0.2) is 0 Å².